The molecule has 1 N–H and O–H groups in total. The van der Waals surface area contributed by atoms with E-state index in [1.165, 1.54) is 6.42 Å². The van der Waals surface area contributed by atoms with Crippen molar-refractivity contribution >= 4 is 23.4 Å². The fourth-order valence-electron chi connectivity index (χ4n) is 5.32. The monoisotopic (exact) mass is 562 g/mol. The zero-order chi connectivity index (χ0) is 28.3. The van der Waals surface area contributed by atoms with Crippen LogP contribution in [-0.4, -0.2) is 43.0 Å². The lowest BCUT2D eigenvalue weighted by Crippen LogP contribution is -2.52. The first-order valence-electron chi connectivity index (χ1n) is 14.1. The van der Waals surface area contributed by atoms with E-state index in [1.54, 1.807) is 19.1 Å². The predicted molar refractivity (Wildman–Crippen MR) is 159 cm³/mol. The molecule has 7 heteroatoms. The molecule has 0 unspecified atom stereocenters. The maximum atomic E-state index is 14.0. The number of aryl methyl sites for hydroxylation is 1. The fourth-order valence-corrected chi connectivity index (χ4v) is 5.44. The third-order valence-corrected chi connectivity index (χ3v) is 7.82. The highest BCUT2D eigenvalue weighted by atomic mass is 35.5. The van der Waals surface area contributed by atoms with E-state index in [1.807, 2.05) is 72.8 Å². The van der Waals surface area contributed by atoms with Crippen LogP contribution in [0.5, 0.6) is 11.5 Å². The number of methoxy groups -OCH3 is 2. The van der Waals surface area contributed by atoms with Crippen molar-refractivity contribution in [1.82, 2.24) is 10.2 Å². The number of nitrogens with one attached hydrogen (secondary N) is 1. The van der Waals surface area contributed by atoms with Crippen molar-refractivity contribution in [2.75, 3.05) is 14.2 Å². The quantitative estimate of drug-likeness (QED) is 0.278. The third kappa shape index (κ3) is 8.25. The minimum atomic E-state index is -0.641. The molecule has 2 amide bonds. The molecule has 3 aromatic carbocycles. The number of hydrogen-bond acceptors (Lipinski definition) is 4. The number of ether oxygens (including phenoxy) is 2. The van der Waals surface area contributed by atoms with E-state index in [0.717, 1.165) is 42.4 Å². The zero-order valence-corrected chi connectivity index (χ0v) is 24.2. The molecule has 0 radical (unpaired) electrons. The standard InChI is InChI=1S/C33H39ClN2O4/c1-39-30-19-15-25(22-31(30)40-2)16-20-32(37)36(23-26-13-17-27(34)18-14-26)29(21-24-9-5-3-6-10-24)33(38)35-28-11-7-4-8-12-28/h3,5-6,9-10,13-15,17-19,22,28-29H,4,7-8,11-12,16,20-21,23H2,1-2H3,(H,35,38)/t29-/m0/s1. The summed E-state index contributed by atoms with van der Waals surface area (Å²) in [6.45, 7) is 0.317. The van der Waals surface area contributed by atoms with Crippen molar-refractivity contribution in [3.05, 3.63) is 94.5 Å². The van der Waals surface area contributed by atoms with Crippen molar-refractivity contribution in [2.45, 2.75) is 70.0 Å². The maximum absolute atomic E-state index is 14.0. The first kappa shape index (κ1) is 29.5. The molecule has 1 fully saturated rings. The summed E-state index contributed by atoms with van der Waals surface area (Å²) < 4.78 is 10.8. The van der Waals surface area contributed by atoms with Gasteiger partial charge in [-0.05, 0) is 60.2 Å². The molecule has 1 aliphatic rings. The Morgan fingerprint density at radius 1 is 0.875 bits per heavy atom. The summed E-state index contributed by atoms with van der Waals surface area (Å²) in [5.74, 6) is 1.09. The number of amides is 2. The largest absolute Gasteiger partial charge is 0.493 e. The number of carbonyl (C=O) groups excluding carboxylic acids is 2. The van der Waals surface area contributed by atoms with Crippen LogP contribution in [-0.2, 0) is 29.0 Å². The highest BCUT2D eigenvalue weighted by Gasteiger charge is 2.31. The molecule has 0 bridgehead atoms. The number of carbonyl (C=O) groups is 2. The molecule has 0 saturated heterocycles. The van der Waals surface area contributed by atoms with Gasteiger partial charge in [0.1, 0.15) is 6.04 Å². The smallest absolute Gasteiger partial charge is 0.243 e. The summed E-state index contributed by atoms with van der Waals surface area (Å²) in [5.41, 5.74) is 2.90. The SMILES string of the molecule is COc1ccc(CCC(=O)N(Cc2ccc(Cl)cc2)[C@@H](Cc2ccccc2)C(=O)NC2CCCCC2)cc1OC. The van der Waals surface area contributed by atoms with Gasteiger partial charge in [0.05, 0.1) is 14.2 Å². The fraction of sp³-hybridized carbons (Fsp3) is 0.394. The summed E-state index contributed by atoms with van der Waals surface area (Å²) in [5, 5.41) is 3.92. The molecular formula is C33H39ClN2O4. The first-order chi connectivity index (χ1) is 19.5. The summed E-state index contributed by atoms with van der Waals surface area (Å²) >= 11 is 6.14. The van der Waals surface area contributed by atoms with Crippen LogP contribution >= 0.6 is 11.6 Å². The van der Waals surface area contributed by atoms with Crippen molar-refractivity contribution in [3.63, 3.8) is 0 Å². The van der Waals surface area contributed by atoms with Crippen LogP contribution in [0.3, 0.4) is 0 Å². The van der Waals surface area contributed by atoms with Gasteiger partial charge >= 0.3 is 0 Å². The van der Waals surface area contributed by atoms with Gasteiger partial charge in [0.2, 0.25) is 11.8 Å². The highest BCUT2D eigenvalue weighted by Crippen LogP contribution is 2.28. The zero-order valence-electron chi connectivity index (χ0n) is 23.4. The third-order valence-electron chi connectivity index (χ3n) is 7.56. The molecule has 1 atom stereocenters. The Balaban J connectivity index is 1.60. The van der Waals surface area contributed by atoms with E-state index < -0.39 is 6.04 Å². The van der Waals surface area contributed by atoms with Gasteiger partial charge in [-0.15, -0.1) is 0 Å². The van der Waals surface area contributed by atoms with Crippen molar-refractivity contribution in [1.29, 1.82) is 0 Å². The second-order valence-corrected chi connectivity index (χ2v) is 10.8. The molecule has 3 aromatic rings. The van der Waals surface area contributed by atoms with Gasteiger partial charge in [-0.3, -0.25) is 9.59 Å². The van der Waals surface area contributed by atoms with Crippen molar-refractivity contribution < 1.29 is 19.1 Å². The number of nitrogens with zero attached hydrogens (tertiary/aromatic N) is 1. The van der Waals surface area contributed by atoms with E-state index >= 15 is 0 Å². The second kappa shape index (κ2) is 14.8. The Kier molecular flexibility index (Phi) is 10.9. The van der Waals surface area contributed by atoms with E-state index in [4.69, 9.17) is 21.1 Å². The van der Waals surface area contributed by atoms with Crippen LogP contribution in [0.25, 0.3) is 0 Å². The topological polar surface area (TPSA) is 67.9 Å². The molecule has 212 valence electrons. The molecule has 0 heterocycles. The van der Waals surface area contributed by atoms with Gasteiger partial charge in [-0.1, -0.05) is 79.4 Å². The Bertz CT molecular complexity index is 1240. The Hall–Kier alpha value is -3.51. The normalized spacial score (nSPS) is 14.3. The summed E-state index contributed by atoms with van der Waals surface area (Å²) in [4.78, 5) is 29.6. The molecule has 1 aliphatic carbocycles. The lowest BCUT2D eigenvalue weighted by Gasteiger charge is -2.33. The molecule has 6 nitrogen and oxygen atoms in total. The molecule has 1 saturated carbocycles. The second-order valence-electron chi connectivity index (χ2n) is 10.4. The van der Waals surface area contributed by atoms with Crippen LogP contribution in [0.4, 0.5) is 0 Å². The first-order valence-corrected chi connectivity index (χ1v) is 14.4. The highest BCUT2D eigenvalue weighted by molar-refractivity contribution is 6.30. The average molecular weight is 563 g/mol. The molecule has 40 heavy (non-hydrogen) atoms. The summed E-state index contributed by atoms with van der Waals surface area (Å²) in [7, 11) is 3.20. The van der Waals surface area contributed by atoms with Crippen LogP contribution in [0.2, 0.25) is 5.02 Å². The molecule has 4 rings (SSSR count). The van der Waals surface area contributed by atoms with E-state index in [9.17, 15) is 9.59 Å². The average Bonchev–Trinajstić information content (AvgIpc) is 2.99. The maximum Gasteiger partial charge on any atom is 0.243 e. The van der Waals surface area contributed by atoms with E-state index in [2.05, 4.69) is 5.32 Å². The van der Waals surface area contributed by atoms with Crippen LogP contribution < -0.4 is 14.8 Å². The number of benzene rings is 3. The predicted octanol–water partition coefficient (Wildman–Crippen LogP) is 6.38. The lowest BCUT2D eigenvalue weighted by molar-refractivity contribution is -0.141. The molecule has 0 aromatic heterocycles. The number of rotatable bonds is 12. The summed E-state index contributed by atoms with van der Waals surface area (Å²) in [6.07, 6.45) is 6.61. The minimum Gasteiger partial charge on any atom is -0.493 e. The Labute approximate surface area is 242 Å². The van der Waals surface area contributed by atoms with Crippen molar-refractivity contribution in [2.24, 2.45) is 0 Å². The Morgan fingerprint density at radius 3 is 2.23 bits per heavy atom. The van der Waals surface area contributed by atoms with Gasteiger partial charge in [0, 0.05) is 30.5 Å². The Morgan fingerprint density at radius 2 is 1.55 bits per heavy atom. The van der Waals surface area contributed by atoms with Gasteiger partial charge in [-0.25, -0.2) is 0 Å². The van der Waals surface area contributed by atoms with Gasteiger partial charge < -0.3 is 19.7 Å². The van der Waals surface area contributed by atoms with Crippen LogP contribution in [0, 0.1) is 0 Å². The molecule has 0 aliphatic heterocycles. The molecular weight excluding hydrogens is 524 g/mol. The van der Waals surface area contributed by atoms with Gasteiger partial charge in [0.15, 0.2) is 11.5 Å². The number of hydrogen-bond donors (Lipinski definition) is 1. The van der Waals surface area contributed by atoms with E-state index in [0.29, 0.717) is 35.9 Å². The van der Waals surface area contributed by atoms with Crippen molar-refractivity contribution in [3.8, 4) is 11.5 Å². The van der Waals surface area contributed by atoms with Gasteiger partial charge in [0.25, 0.3) is 0 Å². The molecule has 0 spiro atoms. The van der Waals surface area contributed by atoms with Crippen LogP contribution in [0.15, 0.2) is 72.8 Å². The van der Waals surface area contributed by atoms with E-state index in [-0.39, 0.29) is 24.3 Å². The number of halogens is 1. The van der Waals surface area contributed by atoms with Gasteiger partial charge in [-0.2, -0.15) is 0 Å². The lowest BCUT2D eigenvalue weighted by atomic mass is 9.94. The van der Waals surface area contributed by atoms with Crippen LogP contribution in [0.1, 0.15) is 55.2 Å². The minimum absolute atomic E-state index is 0.0792. The summed E-state index contributed by atoms with van der Waals surface area (Å²) in [6, 6.07) is 22.6.